The Labute approximate surface area is 166 Å². The highest BCUT2D eigenvalue weighted by atomic mass is 79.9. The van der Waals surface area contributed by atoms with Gasteiger partial charge in [0.05, 0.1) is 9.15 Å². The van der Waals surface area contributed by atoms with Gasteiger partial charge in [0.1, 0.15) is 0 Å². The highest BCUT2D eigenvalue weighted by Gasteiger charge is 2.83. The van der Waals surface area contributed by atoms with Crippen LogP contribution in [-0.4, -0.2) is 25.4 Å². The molecule has 3 saturated carbocycles. The molecule has 2 amide bonds. The minimum absolute atomic E-state index is 0.0362. The molecule has 2 N–H and O–H groups in total. The van der Waals surface area contributed by atoms with Gasteiger partial charge in [-0.2, -0.15) is 0 Å². The molecule has 0 spiro atoms. The van der Waals surface area contributed by atoms with E-state index in [1.54, 1.807) is 12.1 Å². The van der Waals surface area contributed by atoms with Crippen LogP contribution in [0.3, 0.4) is 0 Å². The predicted octanol–water partition coefficient (Wildman–Crippen LogP) is 3.53. The smallest absolute Gasteiger partial charge is 0.269 e. The SMILES string of the molecule is CC1(C)C2(C(=O)NNC(=O)c3ccncc3)CCC1(C(Br)Br)C2Br. The average molecular weight is 524 g/mol. The zero-order valence-corrected chi connectivity index (χ0v) is 18.0. The summed E-state index contributed by atoms with van der Waals surface area (Å²) in [6, 6.07) is 3.20. The first-order chi connectivity index (χ1) is 11.2. The number of amides is 2. The lowest BCUT2D eigenvalue weighted by Gasteiger charge is -2.66. The number of pyridine rings is 1. The van der Waals surface area contributed by atoms with Gasteiger partial charge in [0.15, 0.2) is 0 Å². The van der Waals surface area contributed by atoms with Crippen LogP contribution in [0, 0.1) is 16.2 Å². The number of halogens is 3. The van der Waals surface area contributed by atoms with Gasteiger partial charge >= 0.3 is 0 Å². The molecular weight excluding hydrogens is 506 g/mol. The number of aromatic nitrogens is 1. The summed E-state index contributed by atoms with van der Waals surface area (Å²) >= 11 is 11.1. The molecule has 2 bridgehead atoms. The maximum Gasteiger partial charge on any atom is 0.269 e. The molecule has 3 fully saturated rings. The third kappa shape index (κ3) is 2.11. The quantitative estimate of drug-likeness (QED) is 0.470. The molecule has 3 aliphatic carbocycles. The number of carbonyl (C=O) groups excluding carboxylic acids is 2. The third-order valence-electron chi connectivity index (χ3n) is 6.12. The summed E-state index contributed by atoms with van der Waals surface area (Å²) in [5, 5.41) is 0. The molecule has 0 saturated heterocycles. The van der Waals surface area contributed by atoms with E-state index in [-0.39, 0.29) is 31.2 Å². The van der Waals surface area contributed by atoms with E-state index in [2.05, 4.69) is 77.5 Å². The van der Waals surface area contributed by atoms with Crippen LogP contribution in [0.15, 0.2) is 24.5 Å². The van der Waals surface area contributed by atoms with Crippen molar-refractivity contribution in [1.29, 1.82) is 0 Å². The Balaban J connectivity index is 1.74. The van der Waals surface area contributed by atoms with Crippen LogP contribution in [0.4, 0.5) is 0 Å². The fraction of sp³-hybridized carbons (Fsp3) is 0.562. The number of nitrogens with zero attached hydrogens (tertiary/aromatic N) is 1. The zero-order chi connectivity index (χ0) is 17.8. The first kappa shape index (κ1) is 18.3. The van der Waals surface area contributed by atoms with Crippen molar-refractivity contribution < 1.29 is 9.59 Å². The lowest BCUT2D eigenvalue weighted by atomic mass is 9.43. The second-order valence-electron chi connectivity index (χ2n) is 6.94. The van der Waals surface area contributed by atoms with E-state index in [0.717, 1.165) is 12.8 Å². The molecule has 4 rings (SSSR count). The fourth-order valence-electron chi connectivity index (χ4n) is 4.50. The van der Waals surface area contributed by atoms with Crippen molar-refractivity contribution in [3.63, 3.8) is 0 Å². The van der Waals surface area contributed by atoms with E-state index >= 15 is 0 Å². The molecule has 1 aromatic heterocycles. The minimum atomic E-state index is -0.543. The van der Waals surface area contributed by atoms with Gasteiger partial charge in [0.25, 0.3) is 5.91 Å². The maximum absolute atomic E-state index is 12.9. The van der Waals surface area contributed by atoms with Gasteiger partial charge < -0.3 is 0 Å². The van der Waals surface area contributed by atoms with Crippen molar-refractivity contribution >= 4 is 59.6 Å². The average Bonchev–Trinajstić information content (AvgIpc) is 3.03. The molecule has 3 atom stereocenters. The van der Waals surface area contributed by atoms with Gasteiger partial charge in [0, 0.05) is 28.2 Å². The van der Waals surface area contributed by atoms with Crippen LogP contribution in [0.5, 0.6) is 0 Å². The molecule has 130 valence electrons. The Hall–Kier alpha value is -0.470. The Morgan fingerprint density at radius 2 is 1.83 bits per heavy atom. The Bertz CT molecular complexity index is 682. The predicted molar refractivity (Wildman–Crippen MR) is 102 cm³/mol. The molecule has 1 aromatic rings. The van der Waals surface area contributed by atoms with Gasteiger partial charge in [-0.3, -0.25) is 25.4 Å². The van der Waals surface area contributed by atoms with Crippen molar-refractivity contribution in [2.45, 2.75) is 35.3 Å². The Kier molecular flexibility index (Phi) is 4.62. The van der Waals surface area contributed by atoms with E-state index in [0.29, 0.717) is 5.56 Å². The van der Waals surface area contributed by atoms with E-state index in [1.807, 2.05) is 0 Å². The summed E-state index contributed by atoms with van der Waals surface area (Å²) in [6.07, 6.45) is 4.79. The van der Waals surface area contributed by atoms with Crippen molar-refractivity contribution in [2.24, 2.45) is 16.2 Å². The van der Waals surface area contributed by atoms with E-state index in [9.17, 15) is 9.59 Å². The summed E-state index contributed by atoms with van der Waals surface area (Å²) in [7, 11) is 0. The Morgan fingerprint density at radius 3 is 2.33 bits per heavy atom. The molecule has 0 radical (unpaired) electrons. The van der Waals surface area contributed by atoms with Crippen LogP contribution >= 0.6 is 47.8 Å². The number of hydrazine groups is 1. The molecule has 3 unspecified atom stereocenters. The second kappa shape index (κ2) is 6.06. The number of rotatable bonds is 3. The standard InChI is InChI=1S/C16H18Br3N3O2/c1-14(2)15(12(18)19)5-6-16(14,11(15)17)13(24)22-21-10(23)9-3-7-20-8-4-9/h3-4,7-8,11-12H,5-6H2,1-2H3,(H,21,23)(H,22,24). The normalized spacial score (nSPS) is 33.0. The molecule has 5 nitrogen and oxygen atoms in total. The monoisotopic (exact) mass is 521 g/mol. The lowest BCUT2D eigenvalue weighted by Crippen LogP contribution is -2.72. The Morgan fingerprint density at radius 1 is 1.21 bits per heavy atom. The lowest BCUT2D eigenvalue weighted by molar-refractivity contribution is -0.162. The molecule has 24 heavy (non-hydrogen) atoms. The van der Waals surface area contributed by atoms with Gasteiger partial charge in [-0.1, -0.05) is 61.6 Å². The zero-order valence-electron chi connectivity index (χ0n) is 13.3. The summed E-state index contributed by atoms with van der Waals surface area (Å²) < 4.78 is 0.117. The van der Waals surface area contributed by atoms with Crippen LogP contribution in [0.25, 0.3) is 0 Å². The first-order valence-electron chi connectivity index (χ1n) is 7.65. The number of nitrogens with one attached hydrogen (secondary N) is 2. The summed E-state index contributed by atoms with van der Waals surface area (Å²) in [5.74, 6) is -0.501. The van der Waals surface area contributed by atoms with Crippen molar-refractivity contribution in [3.8, 4) is 0 Å². The number of carbonyl (C=O) groups is 2. The molecule has 0 aliphatic heterocycles. The minimum Gasteiger partial charge on any atom is -0.273 e. The van der Waals surface area contributed by atoms with Gasteiger partial charge in [0.2, 0.25) is 5.91 Å². The van der Waals surface area contributed by atoms with Gasteiger partial charge in [-0.05, 0) is 30.4 Å². The largest absolute Gasteiger partial charge is 0.273 e. The molecular formula is C16H18Br3N3O2. The summed E-state index contributed by atoms with van der Waals surface area (Å²) in [6.45, 7) is 4.25. The fourth-order valence-corrected chi connectivity index (χ4v) is 9.41. The number of fused-ring (bicyclic) bond motifs is 1. The van der Waals surface area contributed by atoms with Crippen LogP contribution in [0.1, 0.15) is 37.0 Å². The van der Waals surface area contributed by atoms with Crippen LogP contribution in [0.2, 0.25) is 0 Å². The number of hydrogen-bond donors (Lipinski definition) is 2. The van der Waals surface area contributed by atoms with Crippen molar-refractivity contribution in [2.75, 3.05) is 0 Å². The summed E-state index contributed by atoms with van der Waals surface area (Å²) in [4.78, 5) is 29.0. The van der Waals surface area contributed by atoms with Crippen molar-refractivity contribution in [3.05, 3.63) is 30.1 Å². The molecule has 1 heterocycles. The number of hydrogen-bond acceptors (Lipinski definition) is 3. The first-order valence-corrected chi connectivity index (χ1v) is 10.4. The highest BCUT2D eigenvalue weighted by Crippen LogP contribution is 2.82. The topological polar surface area (TPSA) is 71.1 Å². The number of alkyl halides is 3. The van der Waals surface area contributed by atoms with Crippen molar-refractivity contribution in [1.82, 2.24) is 15.8 Å². The van der Waals surface area contributed by atoms with E-state index < -0.39 is 5.41 Å². The van der Waals surface area contributed by atoms with Gasteiger partial charge in [-0.15, -0.1) is 0 Å². The third-order valence-corrected chi connectivity index (χ3v) is 9.36. The van der Waals surface area contributed by atoms with Gasteiger partial charge in [-0.25, -0.2) is 0 Å². The van der Waals surface area contributed by atoms with Crippen LogP contribution < -0.4 is 10.9 Å². The molecule has 0 aromatic carbocycles. The summed E-state index contributed by atoms with van der Waals surface area (Å²) in [5.41, 5.74) is 4.79. The maximum atomic E-state index is 12.9. The second-order valence-corrected chi connectivity index (χ2v) is 10.9. The van der Waals surface area contributed by atoms with E-state index in [1.165, 1.54) is 12.4 Å². The van der Waals surface area contributed by atoms with E-state index in [4.69, 9.17) is 0 Å². The van der Waals surface area contributed by atoms with Crippen LogP contribution in [-0.2, 0) is 4.79 Å². The molecule has 8 heteroatoms. The molecule has 3 aliphatic rings. The highest BCUT2D eigenvalue weighted by molar-refractivity contribution is 9.24.